The molecule has 1 saturated carbocycles. The lowest BCUT2D eigenvalue weighted by atomic mass is 9.89. The largest absolute Gasteiger partial charge is 0.383 e. The number of nitrogens with one attached hydrogen (secondary N) is 1. The zero-order valence-corrected chi connectivity index (χ0v) is 22.5. The minimum atomic E-state index is 0.389. The van der Waals surface area contributed by atoms with Crippen molar-refractivity contribution >= 4 is 38.9 Å². The van der Waals surface area contributed by atoms with Crippen LogP contribution in [0.5, 0.6) is 0 Å². The Labute approximate surface area is 222 Å². The van der Waals surface area contributed by atoms with Crippen molar-refractivity contribution in [3.05, 3.63) is 47.6 Å². The van der Waals surface area contributed by atoms with E-state index in [0.29, 0.717) is 17.9 Å². The highest BCUT2D eigenvalue weighted by Gasteiger charge is 2.30. The van der Waals surface area contributed by atoms with Gasteiger partial charge in [-0.1, -0.05) is 19.1 Å². The fraction of sp³-hybridized carbons (Fsp3) is 0.464. The van der Waals surface area contributed by atoms with Crippen LogP contribution in [0.3, 0.4) is 0 Å². The van der Waals surface area contributed by atoms with Gasteiger partial charge in [0.05, 0.1) is 22.6 Å². The molecule has 0 radical (unpaired) electrons. The van der Waals surface area contributed by atoms with E-state index in [-0.39, 0.29) is 0 Å². The van der Waals surface area contributed by atoms with Crippen molar-refractivity contribution in [1.29, 1.82) is 0 Å². The van der Waals surface area contributed by atoms with Crippen LogP contribution in [0.4, 0.5) is 16.6 Å². The molecular weight excluding hydrogens is 480 g/mol. The second-order valence-corrected chi connectivity index (χ2v) is 11.2. The average Bonchev–Trinajstić information content (AvgIpc) is 3.55. The van der Waals surface area contributed by atoms with Crippen LogP contribution >= 0.6 is 11.3 Å². The summed E-state index contributed by atoms with van der Waals surface area (Å²) in [6.07, 6.45) is 7.49. The van der Waals surface area contributed by atoms with Crippen LogP contribution in [-0.4, -0.2) is 68.8 Å². The Hall–Kier alpha value is -3.01. The van der Waals surface area contributed by atoms with Crippen LogP contribution in [0.1, 0.15) is 44.3 Å². The van der Waals surface area contributed by atoms with Gasteiger partial charge in [-0.05, 0) is 57.4 Å². The molecule has 0 spiro atoms. The van der Waals surface area contributed by atoms with E-state index in [4.69, 9.17) is 10.8 Å². The molecule has 8 nitrogen and oxygen atoms in total. The molecule has 2 fully saturated rings. The van der Waals surface area contributed by atoms with Crippen molar-refractivity contribution in [2.45, 2.75) is 51.1 Å². The van der Waals surface area contributed by atoms with Gasteiger partial charge in [-0.3, -0.25) is 9.58 Å². The number of benzene rings is 1. The summed E-state index contributed by atoms with van der Waals surface area (Å²) in [7, 11) is 2.22. The summed E-state index contributed by atoms with van der Waals surface area (Å²) in [5, 5.41) is 12.6. The predicted molar refractivity (Wildman–Crippen MR) is 153 cm³/mol. The van der Waals surface area contributed by atoms with E-state index in [9.17, 15) is 0 Å². The summed E-state index contributed by atoms with van der Waals surface area (Å²) < 4.78 is 2.23. The molecule has 194 valence electrons. The standard InChI is InChI=1S/C28H36N8S/c1-3-20-18-37-28(31-20)32-21-6-4-19(5-7-21)26-25-24(12-13-30-27(25)29)36(33-26)23-10-8-22(9-11-23)35-16-14-34(2)15-17-35/h4-7,12-13,18,22-23H,3,8-11,14-17H2,1-2H3,(H2,29,30)(H,31,32). The summed E-state index contributed by atoms with van der Waals surface area (Å²) >= 11 is 1.63. The Kier molecular flexibility index (Phi) is 6.84. The number of anilines is 3. The van der Waals surface area contributed by atoms with Gasteiger partial charge < -0.3 is 16.0 Å². The van der Waals surface area contributed by atoms with Crippen molar-refractivity contribution in [2.75, 3.05) is 44.3 Å². The van der Waals surface area contributed by atoms with Crippen molar-refractivity contribution in [3.63, 3.8) is 0 Å². The molecule has 3 aromatic heterocycles. The first-order chi connectivity index (χ1) is 18.1. The van der Waals surface area contributed by atoms with Gasteiger partial charge in [-0.2, -0.15) is 5.10 Å². The number of likely N-dealkylation sites (N-methyl/N-ethyl adjacent to an activating group) is 1. The van der Waals surface area contributed by atoms with E-state index >= 15 is 0 Å². The zero-order valence-electron chi connectivity index (χ0n) is 21.7. The molecule has 9 heteroatoms. The Bertz CT molecular complexity index is 1340. The summed E-state index contributed by atoms with van der Waals surface area (Å²) in [5.74, 6) is 0.543. The number of aromatic nitrogens is 4. The van der Waals surface area contributed by atoms with Gasteiger partial charge in [0.1, 0.15) is 11.5 Å². The maximum atomic E-state index is 6.42. The summed E-state index contributed by atoms with van der Waals surface area (Å²) in [4.78, 5) is 14.2. The molecule has 0 amide bonds. The van der Waals surface area contributed by atoms with Gasteiger partial charge >= 0.3 is 0 Å². The van der Waals surface area contributed by atoms with E-state index in [1.54, 1.807) is 17.5 Å². The molecule has 0 atom stereocenters. The molecule has 6 rings (SSSR count). The van der Waals surface area contributed by atoms with Crippen LogP contribution < -0.4 is 11.1 Å². The van der Waals surface area contributed by atoms with E-state index in [1.807, 2.05) is 0 Å². The van der Waals surface area contributed by atoms with E-state index in [2.05, 4.69) is 79.4 Å². The Morgan fingerprint density at radius 2 is 1.73 bits per heavy atom. The topological polar surface area (TPSA) is 88.1 Å². The maximum absolute atomic E-state index is 6.42. The fourth-order valence-electron chi connectivity index (χ4n) is 5.81. The summed E-state index contributed by atoms with van der Waals surface area (Å²) in [5.41, 5.74) is 11.6. The van der Waals surface area contributed by atoms with Crippen LogP contribution in [0, 0.1) is 0 Å². The highest BCUT2D eigenvalue weighted by atomic mass is 32.1. The smallest absolute Gasteiger partial charge is 0.187 e. The normalized spacial score (nSPS) is 21.5. The Morgan fingerprint density at radius 1 is 1.00 bits per heavy atom. The maximum Gasteiger partial charge on any atom is 0.187 e. The first-order valence-corrected chi connectivity index (χ1v) is 14.3. The summed E-state index contributed by atoms with van der Waals surface area (Å²) in [6.45, 7) is 6.86. The van der Waals surface area contributed by atoms with Crippen molar-refractivity contribution in [3.8, 4) is 11.3 Å². The molecular formula is C28H36N8S. The number of nitrogen functional groups attached to an aromatic ring is 1. The SMILES string of the molecule is CCc1csc(Nc2ccc(-c3nn(C4CCC(N5CCN(C)CC5)CC4)c4ccnc(N)c34)cc2)n1. The number of rotatable bonds is 6. The monoisotopic (exact) mass is 516 g/mol. The molecule has 1 saturated heterocycles. The van der Waals surface area contributed by atoms with Gasteiger partial charge in [-0.25, -0.2) is 9.97 Å². The van der Waals surface area contributed by atoms with E-state index in [0.717, 1.165) is 57.9 Å². The quantitative estimate of drug-likeness (QED) is 0.365. The number of hydrogen-bond donors (Lipinski definition) is 2. The van der Waals surface area contributed by atoms with Crippen LogP contribution in [0.2, 0.25) is 0 Å². The average molecular weight is 517 g/mol. The fourth-order valence-corrected chi connectivity index (χ4v) is 6.62. The van der Waals surface area contributed by atoms with Crippen molar-refractivity contribution in [2.24, 2.45) is 0 Å². The third-order valence-electron chi connectivity index (χ3n) is 8.04. The lowest BCUT2D eigenvalue weighted by Crippen LogP contribution is -2.49. The number of nitrogens with two attached hydrogens (primary N) is 1. The number of piperazine rings is 1. The second-order valence-electron chi connectivity index (χ2n) is 10.4. The van der Waals surface area contributed by atoms with Crippen LogP contribution in [0.15, 0.2) is 41.9 Å². The summed E-state index contributed by atoms with van der Waals surface area (Å²) in [6, 6.07) is 11.5. The molecule has 0 bridgehead atoms. The predicted octanol–water partition coefficient (Wildman–Crippen LogP) is 5.17. The number of nitrogens with zero attached hydrogens (tertiary/aromatic N) is 6. The molecule has 0 unspecified atom stereocenters. The molecule has 4 heterocycles. The van der Waals surface area contributed by atoms with Gasteiger partial charge in [0, 0.05) is 55.0 Å². The van der Waals surface area contributed by atoms with Crippen molar-refractivity contribution in [1.82, 2.24) is 29.5 Å². The minimum Gasteiger partial charge on any atom is -0.383 e. The number of fused-ring (bicyclic) bond motifs is 1. The lowest BCUT2D eigenvalue weighted by molar-refractivity contribution is 0.0816. The number of hydrogen-bond acceptors (Lipinski definition) is 8. The van der Waals surface area contributed by atoms with E-state index in [1.165, 1.54) is 39.0 Å². The highest BCUT2D eigenvalue weighted by Crippen LogP contribution is 2.38. The number of pyridine rings is 1. The molecule has 1 aromatic carbocycles. The van der Waals surface area contributed by atoms with E-state index < -0.39 is 0 Å². The van der Waals surface area contributed by atoms with Gasteiger partial charge in [-0.15, -0.1) is 11.3 Å². The molecule has 1 aliphatic heterocycles. The van der Waals surface area contributed by atoms with Gasteiger partial charge in [0.15, 0.2) is 5.13 Å². The molecule has 2 aliphatic rings. The van der Waals surface area contributed by atoms with Crippen molar-refractivity contribution < 1.29 is 0 Å². The van der Waals surface area contributed by atoms with Crippen LogP contribution in [-0.2, 0) is 6.42 Å². The first kappa shape index (κ1) is 24.3. The molecule has 37 heavy (non-hydrogen) atoms. The Morgan fingerprint density at radius 3 is 2.43 bits per heavy atom. The van der Waals surface area contributed by atoms with Gasteiger partial charge in [0.25, 0.3) is 0 Å². The zero-order chi connectivity index (χ0) is 25.4. The number of aryl methyl sites for hydroxylation is 1. The second kappa shape index (κ2) is 10.4. The van der Waals surface area contributed by atoms with Gasteiger partial charge in [0.2, 0.25) is 0 Å². The molecule has 3 N–H and O–H groups in total. The lowest BCUT2D eigenvalue weighted by Gasteiger charge is -2.41. The van der Waals surface area contributed by atoms with Crippen LogP contribution in [0.25, 0.3) is 22.2 Å². The minimum absolute atomic E-state index is 0.389. The third kappa shape index (κ3) is 4.95. The molecule has 4 aromatic rings. The first-order valence-electron chi connectivity index (χ1n) is 13.5. The number of thiazole rings is 1. The third-order valence-corrected chi connectivity index (χ3v) is 8.85. The highest BCUT2D eigenvalue weighted by molar-refractivity contribution is 7.13. The molecule has 1 aliphatic carbocycles. The Balaban J connectivity index is 1.22.